The van der Waals surface area contributed by atoms with E-state index in [9.17, 15) is 4.79 Å². The summed E-state index contributed by atoms with van der Waals surface area (Å²) in [6.45, 7) is 3.70. The zero-order valence-electron chi connectivity index (χ0n) is 7.88. The highest BCUT2D eigenvalue weighted by Crippen LogP contribution is 2.26. The van der Waals surface area contributed by atoms with Crippen molar-refractivity contribution in [2.75, 3.05) is 0 Å². The molecule has 2 heteroatoms. The van der Waals surface area contributed by atoms with Crippen LogP contribution >= 0.6 is 15.9 Å². The minimum atomic E-state index is 0.239. The molecule has 1 nitrogen and oxygen atoms in total. The second-order valence-corrected chi connectivity index (χ2v) is 4.18. The molecule has 13 heavy (non-hydrogen) atoms. The monoisotopic (exact) mass is 240 g/mol. The Morgan fingerprint density at radius 1 is 1.46 bits per heavy atom. The van der Waals surface area contributed by atoms with Crippen molar-refractivity contribution in [2.24, 2.45) is 0 Å². The molecule has 0 aliphatic carbocycles. The van der Waals surface area contributed by atoms with Crippen LogP contribution in [0.3, 0.4) is 0 Å². The van der Waals surface area contributed by atoms with Crippen molar-refractivity contribution in [3.8, 4) is 0 Å². The molecule has 1 atom stereocenters. The first-order valence-corrected chi connectivity index (χ1v) is 5.14. The quantitative estimate of drug-likeness (QED) is 0.791. The Morgan fingerprint density at radius 2 is 2.08 bits per heavy atom. The lowest BCUT2D eigenvalue weighted by Crippen LogP contribution is -2.00. The van der Waals surface area contributed by atoms with Gasteiger partial charge in [-0.15, -0.1) is 0 Å². The van der Waals surface area contributed by atoms with Gasteiger partial charge in [0.2, 0.25) is 0 Å². The molecule has 0 saturated carbocycles. The molecule has 1 rings (SSSR count). The highest BCUT2D eigenvalue weighted by molar-refractivity contribution is 9.10. The van der Waals surface area contributed by atoms with Crippen molar-refractivity contribution in [2.45, 2.75) is 26.2 Å². The van der Waals surface area contributed by atoms with Crippen molar-refractivity contribution in [1.29, 1.82) is 0 Å². The molecule has 1 aromatic carbocycles. The summed E-state index contributed by atoms with van der Waals surface area (Å²) in [5, 5.41) is 0. The molecule has 0 N–H and O–H groups in total. The molecule has 1 unspecified atom stereocenters. The topological polar surface area (TPSA) is 17.1 Å². The predicted molar refractivity (Wildman–Crippen MR) is 57.9 cm³/mol. The molecule has 0 amide bonds. The van der Waals surface area contributed by atoms with Gasteiger partial charge in [-0.3, -0.25) is 0 Å². The summed E-state index contributed by atoms with van der Waals surface area (Å²) < 4.78 is 1.09. The Hall–Kier alpha value is -0.630. The Balaban J connectivity index is 2.82. The smallest absolute Gasteiger partial charge is 0.130 e. The molecule has 70 valence electrons. The summed E-state index contributed by atoms with van der Waals surface area (Å²) in [6.07, 6.45) is 0.614. The lowest BCUT2D eigenvalue weighted by molar-refractivity contribution is -0.117. The number of carbonyl (C=O) groups is 1. The first-order valence-electron chi connectivity index (χ1n) is 4.35. The van der Waals surface area contributed by atoms with Crippen LogP contribution in [0.4, 0.5) is 0 Å². The van der Waals surface area contributed by atoms with Gasteiger partial charge in [0.15, 0.2) is 0 Å². The Labute approximate surface area is 87.3 Å². The fourth-order valence-corrected chi connectivity index (χ4v) is 2.09. The van der Waals surface area contributed by atoms with E-state index in [2.05, 4.69) is 28.9 Å². The average Bonchev–Trinajstić information content (AvgIpc) is 2.03. The largest absolute Gasteiger partial charge is 0.300 e. The van der Waals surface area contributed by atoms with Gasteiger partial charge < -0.3 is 4.79 Å². The number of ketones is 1. The number of hydrogen-bond acceptors (Lipinski definition) is 1. The molecular formula is C11H13BrO. The predicted octanol–water partition coefficient (Wildman–Crippen LogP) is 3.53. The number of Topliss-reactive ketones (excluding diaryl/α,β-unsaturated/α-hetero) is 1. The number of hydrogen-bond donors (Lipinski definition) is 0. The lowest BCUT2D eigenvalue weighted by Gasteiger charge is -2.11. The van der Waals surface area contributed by atoms with Gasteiger partial charge >= 0.3 is 0 Å². The number of rotatable bonds is 3. The van der Waals surface area contributed by atoms with Crippen LogP contribution in [0, 0.1) is 0 Å². The van der Waals surface area contributed by atoms with Gasteiger partial charge in [0.1, 0.15) is 5.78 Å². The van der Waals surface area contributed by atoms with E-state index in [0.717, 1.165) is 4.47 Å². The van der Waals surface area contributed by atoms with Crippen molar-refractivity contribution < 1.29 is 4.79 Å². The van der Waals surface area contributed by atoms with Gasteiger partial charge in [0.05, 0.1) is 0 Å². The maximum Gasteiger partial charge on any atom is 0.130 e. The average molecular weight is 241 g/mol. The lowest BCUT2D eigenvalue weighted by atomic mass is 9.96. The van der Waals surface area contributed by atoms with Crippen molar-refractivity contribution in [3.63, 3.8) is 0 Å². The van der Waals surface area contributed by atoms with Crippen molar-refractivity contribution >= 4 is 21.7 Å². The van der Waals surface area contributed by atoms with Crippen LogP contribution in [-0.4, -0.2) is 5.78 Å². The second-order valence-electron chi connectivity index (χ2n) is 3.33. The van der Waals surface area contributed by atoms with Crippen molar-refractivity contribution in [3.05, 3.63) is 34.3 Å². The third-order valence-corrected chi connectivity index (χ3v) is 2.75. The van der Waals surface area contributed by atoms with E-state index in [1.54, 1.807) is 6.92 Å². The van der Waals surface area contributed by atoms with Gasteiger partial charge in [-0.25, -0.2) is 0 Å². The molecule has 0 aromatic heterocycles. The molecule has 0 aliphatic heterocycles. The van der Waals surface area contributed by atoms with Crippen LogP contribution in [0.2, 0.25) is 0 Å². The van der Waals surface area contributed by atoms with E-state index in [-0.39, 0.29) is 5.78 Å². The third kappa shape index (κ3) is 2.96. The molecule has 0 heterocycles. The van der Waals surface area contributed by atoms with Gasteiger partial charge in [0.25, 0.3) is 0 Å². The molecule has 0 aliphatic rings. The summed E-state index contributed by atoms with van der Waals surface area (Å²) in [5.41, 5.74) is 1.21. The SMILES string of the molecule is CC(=O)CC(C)c1ccccc1Br. The van der Waals surface area contributed by atoms with E-state index < -0.39 is 0 Å². The summed E-state index contributed by atoms with van der Waals surface area (Å²) in [6, 6.07) is 8.04. The normalized spacial score (nSPS) is 12.5. The van der Waals surface area contributed by atoms with Crippen molar-refractivity contribution in [1.82, 2.24) is 0 Å². The number of halogens is 1. The molecule has 0 radical (unpaired) electrons. The van der Waals surface area contributed by atoms with Gasteiger partial charge in [-0.05, 0) is 24.5 Å². The van der Waals surface area contributed by atoms with E-state index in [0.29, 0.717) is 12.3 Å². The number of benzene rings is 1. The molecule has 0 saturated heterocycles. The van der Waals surface area contributed by atoms with E-state index >= 15 is 0 Å². The Morgan fingerprint density at radius 3 is 2.62 bits per heavy atom. The van der Waals surface area contributed by atoms with Crippen LogP contribution in [0.25, 0.3) is 0 Å². The van der Waals surface area contributed by atoms with Crippen LogP contribution < -0.4 is 0 Å². The summed E-state index contributed by atoms with van der Waals surface area (Å²) >= 11 is 3.48. The summed E-state index contributed by atoms with van der Waals surface area (Å²) in [5.74, 6) is 0.538. The molecule has 0 spiro atoms. The summed E-state index contributed by atoms with van der Waals surface area (Å²) in [4.78, 5) is 10.9. The first-order chi connectivity index (χ1) is 6.11. The van der Waals surface area contributed by atoms with E-state index in [1.165, 1.54) is 5.56 Å². The highest BCUT2D eigenvalue weighted by Gasteiger charge is 2.10. The van der Waals surface area contributed by atoms with Crippen LogP contribution in [0.5, 0.6) is 0 Å². The second kappa shape index (κ2) is 4.56. The maximum absolute atomic E-state index is 10.9. The first kappa shape index (κ1) is 10.5. The fourth-order valence-electron chi connectivity index (χ4n) is 1.42. The minimum Gasteiger partial charge on any atom is -0.300 e. The van der Waals surface area contributed by atoms with Gasteiger partial charge in [0, 0.05) is 10.9 Å². The Kier molecular flexibility index (Phi) is 3.67. The standard InChI is InChI=1S/C11H13BrO/c1-8(7-9(2)13)10-5-3-4-6-11(10)12/h3-6,8H,7H2,1-2H3. The molecular weight excluding hydrogens is 228 g/mol. The van der Waals surface area contributed by atoms with Crippen LogP contribution in [-0.2, 0) is 4.79 Å². The minimum absolute atomic E-state index is 0.239. The third-order valence-electron chi connectivity index (χ3n) is 2.03. The summed E-state index contributed by atoms with van der Waals surface area (Å²) in [7, 11) is 0. The highest BCUT2D eigenvalue weighted by atomic mass is 79.9. The molecule has 0 bridgehead atoms. The van der Waals surface area contributed by atoms with Gasteiger partial charge in [-0.2, -0.15) is 0 Å². The molecule has 0 fully saturated rings. The van der Waals surface area contributed by atoms with Crippen LogP contribution in [0.15, 0.2) is 28.7 Å². The van der Waals surface area contributed by atoms with Gasteiger partial charge in [-0.1, -0.05) is 41.1 Å². The van der Waals surface area contributed by atoms with Crippen LogP contribution in [0.1, 0.15) is 31.7 Å². The van der Waals surface area contributed by atoms with E-state index in [1.807, 2.05) is 18.2 Å². The fraction of sp³-hybridized carbons (Fsp3) is 0.364. The maximum atomic E-state index is 10.9. The Bertz CT molecular complexity index is 307. The zero-order valence-corrected chi connectivity index (χ0v) is 9.47. The van der Waals surface area contributed by atoms with E-state index in [4.69, 9.17) is 0 Å². The zero-order chi connectivity index (χ0) is 9.84. The number of carbonyl (C=O) groups excluding carboxylic acids is 1. The molecule has 1 aromatic rings.